The van der Waals surface area contributed by atoms with Crippen LogP contribution < -0.4 is 0 Å². The van der Waals surface area contributed by atoms with E-state index in [9.17, 15) is 22.8 Å². The Kier molecular flexibility index (Phi) is 5.49. The fourth-order valence-electron chi connectivity index (χ4n) is 1.89. The van der Waals surface area contributed by atoms with Crippen LogP contribution in [-0.2, 0) is 29.0 Å². The fourth-order valence-corrected chi connectivity index (χ4v) is 2.97. The van der Waals surface area contributed by atoms with Gasteiger partial charge >= 0.3 is 5.97 Å². The van der Waals surface area contributed by atoms with Crippen molar-refractivity contribution >= 4 is 27.5 Å². The molecule has 0 aromatic rings. The van der Waals surface area contributed by atoms with Crippen LogP contribution in [0.4, 0.5) is 0 Å². The number of amides is 1. The zero-order valence-electron chi connectivity index (χ0n) is 12.5. The van der Waals surface area contributed by atoms with Crippen LogP contribution in [-0.4, -0.2) is 61.2 Å². The van der Waals surface area contributed by atoms with Crippen LogP contribution in [0.5, 0.6) is 0 Å². The van der Waals surface area contributed by atoms with E-state index in [2.05, 4.69) is 0 Å². The molecule has 0 aromatic heterocycles. The predicted octanol–water partition coefficient (Wildman–Crippen LogP) is -0.0656. The van der Waals surface area contributed by atoms with E-state index in [1.807, 2.05) is 0 Å². The molecule has 1 amide bonds. The molecular formula is C13H21NO6S. The molecule has 0 radical (unpaired) electrons. The van der Waals surface area contributed by atoms with Gasteiger partial charge in [0.25, 0.3) is 0 Å². The highest BCUT2D eigenvalue weighted by Gasteiger charge is 2.28. The first-order valence-corrected chi connectivity index (χ1v) is 8.52. The van der Waals surface area contributed by atoms with Gasteiger partial charge in [-0.3, -0.25) is 14.4 Å². The first-order valence-electron chi connectivity index (χ1n) is 6.70. The maximum absolute atomic E-state index is 11.9. The third kappa shape index (κ3) is 6.70. The Hall–Kier alpha value is -1.44. The quantitative estimate of drug-likeness (QED) is 0.673. The second-order valence-electron chi connectivity index (χ2n) is 6.04. The molecule has 0 unspecified atom stereocenters. The lowest BCUT2D eigenvalue weighted by Crippen LogP contribution is -2.42. The van der Waals surface area contributed by atoms with Gasteiger partial charge in [-0.25, -0.2) is 8.42 Å². The number of ketones is 1. The van der Waals surface area contributed by atoms with Crippen LogP contribution in [0.3, 0.4) is 0 Å². The maximum atomic E-state index is 11.9. The third-order valence-electron chi connectivity index (χ3n) is 2.77. The lowest BCUT2D eigenvalue weighted by Gasteiger charge is -2.26. The van der Waals surface area contributed by atoms with E-state index in [1.54, 1.807) is 20.8 Å². The van der Waals surface area contributed by atoms with Gasteiger partial charge in [-0.05, 0) is 20.8 Å². The SMILES string of the molecule is CC(C)(C)OC(=O)CS(=O)(=O)CC(=O)N1CCC(=O)CC1. The Labute approximate surface area is 124 Å². The smallest absolute Gasteiger partial charge is 0.321 e. The monoisotopic (exact) mass is 319 g/mol. The van der Waals surface area contributed by atoms with Gasteiger partial charge in [0.2, 0.25) is 5.91 Å². The molecule has 1 aliphatic heterocycles. The highest BCUT2D eigenvalue weighted by Crippen LogP contribution is 2.10. The minimum absolute atomic E-state index is 0.0654. The largest absolute Gasteiger partial charge is 0.459 e. The second kappa shape index (κ2) is 6.55. The number of piperidine rings is 1. The van der Waals surface area contributed by atoms with Gasteiger partial charge in [0.15, 0.2) is 9.84 Å². The van der Waals surface area contributed by atoms with E-state index in [4.69, 9.17) is 4.74 Å². The van der Waals surface area contributed by atoms with Crippen LogP contribution in [0.1, 0.15) is 33.6 Å². The summed E-state index contributed by atoms with van der Waals surface area (Å²) in [5.74, 6) is -2.94. The predicted molar refractivity (Wildman–Crippen MR) is 75.3 cm³/mol. The van der Waals surface area contributed by atoms with Gasteiger partial charge in [-0.1, -0.05) is 0 Å². The molecule has 8 heteroatoms. The molecule has 0 spiro atoms. The van der Waals surface area contributed by atoms with Crippen molar-refractivity contribution in [2.24, 2.45) is 0 Å². The van der Waals surface area contributed by atoms with E-state index in [-0.39, 0.29) is 31.7 Å². The number of hydrogen-bond acceptors (Lipinski definition) is 6. The molecule has 7 nitrogen and oxygen atoms in total. The summed E-state index contributed by atoms with van der Waals surface area (Å²) in [4.78, 5) is 35.8. The topological polar surface area (TPSA) is 97.8 Å². The number of rotatable bonds is 4. The van der Waals surface area contributed by atoms with Crippen molar-refractivity contribution in [2.75, 3.05) is 24.6 Å². The number of sulfone groups is 1. The van der Waals surface area contributed by atoms with E-state index < -0.39 is 38.8 Å². The minimum Gasteiger partial charge on any atom is -0.459 e. The summed E-state index contributed by atoms with van der Waals surface area (Å²) in [6.07, 6.45) is 0.496. The zero-order valence-corrected chi connectivity index (χ0v) is 13.4. The molecule has 1 saturated heterocycles. The first-order chi connectivity index (χ1) is 9.48. The van der Waals surface area contributed by atoms with Crippen molar-refractivity contribution in [1.29, 1.82) is 0 Å². The van der Waals surface area contributed by atoms with Crippen LogP contribution in [0.2, 0.25) is 0 Å². The van der Waals surface area contributed by atoms with Gasteiger partial charge in [-0.15, -0.1) is 0 Å². The fraction of sp³-hybridized carbons (Fsp3) is 0.769. The summed E-state index contributed by atoms with van der Waals surface area (Å²) in [6, 6.07) is 0. The van der Waals surface area contributed by atoms with Crippen LogP contribution in [0, 0.1) is 0 Å². The second-order valence-corrected chi connectivity index (χ2v) is 8.10. The van der Waals surface area contributed by atoms with Gasteiger partial charge in [0.05, 0.1) is 0 Å². The molecule has 1 rings (SSSR count). The van der Waals surface area contributed by atoms with Gasteiger partial charge in [0.1, 0.15) is 22.9 Å². The van der Waals surface area contributed by atoms with Crippen molar-refractivity contribution in [1.82, 2.24) is 4.90 Å². The summed E-state index contributed by atoms with van der Waals surface area (Å²) in [5, 5.41) is 0. The third-order valence-corrected chi connectivity index (χ3v) is 4.14. The number of nitrogens with zero attached hydrogens (tertiary/aromatic N) is 1. The molecule has 120 valence electrons. The molecular weight excluding hydrogens is 298 g/mol. The summed E-state index contributed by atoms with van der Waals surface area (Å²) in [6.45, 7) is 5.37. The molecule has 1 heterocycles. The summed E-state index contributed by atoms with van der Waals surface area (Å²) >= 11 is 0. The molecule has 21 heavy (non-hydrogen) atoms. The van der Waals surface area contributed by atoms with Gasteiger partial charge < -0.3 is 9.64 Å². The van der Waals surface area contributed by atoms with E-state index >= 15 is 0 Å². The number of likely N-dealkylation sites (tertiary alicyclic amines) is 1. The summed E-state index contributed by atoms with van der Waals surface area (Å²) < 4.78 is 28.6. The highest BCUT2D eigenvalue weighted by atomic mass is 32.2. The molecule has 0 N–H and O–H groups in total. The van der Waals surface area contributed by atoms with Crippen molar-refractivity contribution in [3.05, 3.63) is 0 Å². The van der Waals surface area contributed by atoms with Gasteiger partial charge in [-0.2, -0.15) is 0 Å². The van der Waals surface area contributed by atoms with E-state index in [0.717, 1.165) is 0 Å². The number of Topliss-reactive ketones (excluding diaryl/α,β-unsaturated/α-hetero) is 1. The van der Waals surface area contributed by atoms with Gasteiger partial charge in [0, 0.05) is 25.9 Å². The normalized spacial score (nSPS) is 16.7. The Morgan fingerprint density at radius 1 is 1.14 bits per heavy atom. The van der Waals surface area contributed by atoms with Crippen LogP contribution in [0.15, 0.2) is 0 Å². The van der Waals surface area contributed by atoms with Crippen molar-refractivity contribution in [2.45, 2.75) is 39.2 Å². The molecule has 0 bridgehead atoms. The molecule has 1 fully saturated rings. The molecule has 0 atom stereocenters. The van der Waals surface area contributed by atoms with Crippen molar-refractivity contribution in [3.8, 4) is 0 Å². The van der Waals surface area contributed by atoms with E-state index in [0.29, 0.717) is 0 Å². The highest BCUT2D eigenvalue weighted by molar-refractivity contribution is 7.92. The first kappa shape index (κ1) is 17.6. The summed E-state index contributed by atoms with van der Waals surface area (Å²) in [7, 11) is -3.87. The number of carbonyl (C=O) groups is 3. The Balaban J connectivity index is 2.54. The lowest BCUT2D eigenvalue weighted by atomic mass is 10.1. The molecule has 0 saturated carbocycles. The number of hydrogen-bond donors (Lipinski definition) is 0. The van der Waals surface area contributed by atoms with Crippen LogP contribution in [0.25, 0.3) is 0 Å². The van der Waals surface area contributed by atoms with E-state index in [1.165, 1.54) is 4.90 Å². The Morgan fingerprint density at radius 3 is 2.14 bits per heavy atom. The average molecular weight is 319 g/mol. The zero-order chi connectivity index (χ0) is 16.3. The summed E-state index contributed by atoms with van der Waals surface area (Å²) in [5.41, 5.74) is -0.774. The minimum atomic E-state index is -3.87. The van der Waals surface area contributed by atoms with Crippen molar-refractivity contribution < 1.29 is 27.5 Å². The molecule has 0 aliphatic carbocycles. The number of ether oxygens (including phenoxy) is 1. The lowest BCUT2D eigenvalue weighted by molar-refractivity contribution is -0.151. The Morgan fingerprint density at radius 2 is 1.67 bits per heavy atom. The average Bonchev–Trinajstić information content (AvgIpc) is 2.24. The number of esters is 1. The molecule has 0 aromatic carbocycles. The number of carbonyl (C=O) groups excluding carboxylic acids is 3. The maximum Gasteiger partial charge on any atom is 0.321 e. The molecule has 1 aliphatic rings. The standard InChI is InChI=1S/C13H21NO6S/c1-13(2,3)20-12(17)9-21(18,19)8-11(16)14-6-4-10(15)5-7-14/h4-9H2,1-3H3. The Bertz CT molecular complexity index is 521. The van der Waals surface area contributed by atoms with Crippen LogP contribution >= 0.6 is 0 Å². The van der Waals surface area contributed by atoms with Crippen molar-refractivity contribution in [3.63, 3.8) is 0 Å².